The Hall–Kier alpha value is -2.09. The van der Waals surface area contributed by atoms with Crippen LogP contribution in [0.15, 0.2) is 34.9 Å². The summed E-state index contributed by atoms with van der Waals surface area (Å²) in [5.74, 6) is 0.102. The van der Waals surface area contributed by atoms with Crippen LogP contribution in [0.2, 0.25) is 0 Å². The maximum Gasteiger partial charge on any atom is 0.160 e. The highest BCUT2D eigenvalue weighted by molar-refractivity contribution is 6.04. The van der Waals surface area contributed by atoms with Crippen molar-refractivity contribution in [2.45, 2.75) is 20.8 Å². The van der Waals surface area contributed by atoms with E-state index in [1.54, 1.807) is 13.2 Å². The topological polar surface area (TPSA) is 30.2 Å². The van der Waals surface area contributed by atoms with Gasteiger partial charge in [-0.3, -0.25) is 4.79 Å². The summed E-state index contributed by atoms with van der Waals surface area (Å²) in [6.07, 6.45) is 1.76. The van der Waals surface area contributed by atoms with Crippen LogP contribution in [-0.2, 0) is 0 Å². The van der Waals surface area contributed by atoms with Crippen molar-refractivity contribution in [1.29, 1.82) is 0 Å². The highest BCUT2D eigenvalue weighted by Crippen LogP contribution is 2.34. The van der Waals surface area contributed by atoms with Crippen molar-refractivity contribution in [3.63, 3.8) is 0 Å². The Kier molecular flexibility index (Phi) is 2.27. The average Bonchev–Trinajstić information content (AvgIpc) is 2.84. The van der Waals surface area contributed by atoms with Crippen molar-refractivity contribution >= 4 is 16.8 Å². The van der Waals surface area contributed by atoms with Crippen molar-refractivity contribution in [2.75, 3.05) is 0 Å². The van der Waals surface area contributed by atoms with Crippen LogP contribution in [0.25, 0.3) is 22.1 Å². The van der Waals surface area contributed by atoms with Crippen LogP contribution < -0.4 is 0 Å². The molecule has 2 heteroatoms. The molecule has 0 aliphatic heterocycles. The lowest BCUT2D eigenvalue weighted by Crippen LogP contribution is -1.90. The van der Waals surface area contributed by atoms with E-state index in [-0.39, 0.29) is 5.78 Å². The first-order valence-electron chi connectivity index (χ1n) is 6.00. The van der Waals surface area contributed by atoms with E-state index in [1.807, 2.05) is 32.0 Å². The summed E-state index contributed by atoms with van der Waals surface area (Å²) in [4.78, 5) is 11.7. The number of Topliss-reactive ketones (excluding diaryl/α,β-unsaturated/α-hetero) is 1. The number of fused-ring (bicyclic) bond motifs is 2. The molecule has 0 radical (unpaired) electrons. The molecule has 0 saturated carbocycles. The number of rotatable bonds is 1. The van der Waals surface area contributed by atoms with Gasteiger partial charge in [0.15, 0.2) is 5.78 Å². The lowest BCUT2D eigenvalue weighted by atomic mass is 10.0. The molecule has 2 nitrogen and oxygen atoms in total. The van der Waals surface area contributed by atoms with Gasteiger partial charge >= 0.3 is 0 Å². The smallest absolute Gasteiger partial charge is 0.160 e. The summed E-state index contributed by atoms with van der Waals surface area (Å²) >= 11 is 0. The SMILES string of the molecule is CC(=O)c1ccc2c(C)cc3occ(C)c3cc1-2. The van der Waals surface area contributed by atoms with E-state index in [0.717, 1.165) is 38.8 Å². The molecule has 0 unspecified atom stereocenters. The second-order valence-corrected chi connectivity index (χ2v) is 4.80. The molecular formula is C16H14O2. The molecule has 0 aromatic carbocycles. The fourth-order valence-electron chi connectivity index (χ4n) is 2.49. The Morgan fingerprint density at radius 3 is 2.56 bits per heavy atom. The molecule has 3 rings (SSSR count). The predicted octanol–water partition coefficient (Wildman–Crippen LogP) is 4.36. The van der Waals surface area contributed by atoms with Crippen molar-refractivity contribution in [1.82, 2.24) is 0 Å². The van der Waals surface area contributed by atoms with Gasteiger partial charge in [0.25, 0.3) is 0 Å². The van der Waals surface area contributed by atoms with Gasteiger partial charge < -0.3 is 4.42 Å². The normalized spacial score (nSPS) is 11.3. The highest BCUT2D eigenvalue weighted by atomic mass is 16.3. The summed E-state index contributed by atoms with van der Waals surface area (Å²) in [6, 6.07) is 8.01. The van der Waals surface area contributed by atoms with Gasteiger partial charge in [0, 0.05) is 10.9 Å². The molecule has 18 heavy (non-hydrogen) atoms. The number of hydrogen-bond donors (Lipinski definition) is 0. The largest absolute Gasteiger partial charge is 0.464 e. The third kappa shape index (κ3) is 1.46. The van der Waals surface area contributed by atoms with Crippen LogP contribution in [0.4, 0.5) is 0 Å². The lowest BCUT2D eigenvalue weighted by Gasteiger charge is -1.99. The second-order valence-electron chi connectivity index (χ2n) is 4.80. The van der Waals surface area contributed by atoms with Gasteiger partial charge in [-0.25, -0.2) is 0 Å². The Morgan fingerprint density at radius 2 is 1.83 bits per heavy atom. The van der Waals surface area contributed by atoms with Gasteiger partial charge in [-0.15, -0.1) is 0 Å². The van der Waals surface area contributed by atoms with Crippen molar-refractivity contribution in [3.05, 3.63) is 47.2 Å². The predicted molar refractivity (Wildman–Crippen MR) is 72.3 cm³/mol. The van der Waals surface area contributed by atoms with E-state index in [2.05, 4.69) is 6.07 Å². The van der Waals surface area contributed by atoms with E-state index in [4.69, 9.17) is 4.42 Å². The summed E-state index contributed by atoms with van der Waals surface area (Å²) in [6.45, 7) is 5.67. The standard InChI is InChI=1S/C16H14O2/c1-9-6-16-14(10(2)8-18-16)7-15-12(9)4-5-13(15)11(3)17/h4-8H,1-3H3. The van der Waals surface area contributed by atoms with Crippen LogP contribution in [0.3, 0.4) is 0 Å². The highest BCUT2D eigenvalue weighted by Gasteiger charge is 2.15. The molecule has 1 aromatic heterocycles. The maximum absolute atomic E-state index is 11.7. The third-order valence-corrected chi connectivity index (χ3v) is 3.49. The monoisotopic (exact) mass is 238 g/mol. The van der Waals surface area contributed by atoms with Crippen molar-refractivity contribution in [3.8, 4) is 11.1 Å². The minimum atomic E-state index is 0.102. The lowest BCUT2D eigenvalue weighted by molar-refractivity contribution is 0.101. The maximum atomic E-state index is 11.7. The Morgan fingerprint density at radius 1 is 1.06 bits per heavy atom. The van der Waals surface area contributed by atoms with E-state index in [0.29, 0.717) is 0 Å². The molecule has 1 aromatic rings. The molecule has 1 heterocycles. The van der Waals surface area contributed by atoms with E-state index in [9.17, 15) is 4.79 Å². The van der Waals surface area contributed by atoms with Crippen LogP contribution in [-0.4, -0.2) is 5.78 Å². The summed E-state index contributed by atoms with van der Waals surface area (Å²) < 4.78 is 5.55. The van der Waals surface area contributed by atoms with Gasteiger partial charge in [-0.05, 0) is 55.2 Å². The number of carbonyl (C=O) groups excluding carboxylic acids is 1. The first kappa shape index (κ1) is 11.0. The first-order valence-corrected chi connectivity index (χ1v) is 6.00. The first-order chi connectivity index (χ1) is 8.58. The Labute approximate surface area is 106 Å². The van der Waals surface area contributed by atoms with Gasteiger partial charge in [0.2, 0.25) is 0 Å². The van der Waals surface area contributed by atoms with Gasteiger partial charge in [0.05, 0.1) is 6.26 Å². The zero-order valence-electron chi connectivity index (χ0n) is 10.7. The molecule has 2 aliphatic carbocycles. The average molecular weight is 238 g/mol. The fourth-order valence-corrected chi connectivity index (χ4v) is 2.49. The minimum absolute atomic E-state index is 0.102. The fraction of sp³-hybridized carbons (Fsp3) is 0.188. The van der Waals surface area contributed by atoms with Crippen molar-refractivity contribution in [2.24, 2.45) is 0 Å². The van der Waals surface area contributed by atoms with Gasteiger partial charge in [-0.2, -0.15) is 0 Å². The van der Waals surface area contributed by atoms with Gasteiger partial charge in [-0.1, -0.05) is 12.1 Å². The molecule has 0 amide bonds. The molecule has 0 N–H and O–H groups in total. The molecule has 0 fully saturated rings. The molecule has 0 atom stereocenters. The number of carbonyl (C=O) groups is 1. The van der Waals surface area contributed by atoms with E-state index in [1.165, 1.54) is 0 Å². The molecule has 0 spiro atoms. The Balaban J connectivity index is 2.49. The summed E-state index contributed by atoms with van der Waals surface area (Å²) in [7, 11) is 0. The van der Waals surface area contributed by atoms with Crippen LogP contribution in [0.5, 0.6) is 0 Å². The summed E-state index contributed by atoms with van der Waals surface area (Å²) in [5, 5.41) is 1.07. The number of furan rings is 1. The number of hydrogen-bond acceptors (Lipinski definition) is 2. The molecule has 0 bridgehead atoms. The van der Waals surface area contributed by atoms with Gasteiger partial charge in [0.1, 0.15) is 5.58 Å². The van der Waals surface area contributed by atoms with Crippen molar-refractivity contribution < 1.29 is 9.21 Å². The minimum Gasteiger partial charge on any atom is -0.464 e. The van der Waals surface area contributed by atoms with Crippen LogP contribution in [0.1, 0.15) is 28.4 Å². The van der Waals surface area contributed by atoms with Crippen LogP contribution >= 0.6 is 0 Å². The summed E-state index contributed by atoms with van der Waals surface area (Å²) in [5.41, 5.74) is 6.01. The zero-order valence-corrected chi connectivity index (χ0v) is 10.7. The molecule has 2 aliphatic rings. The quantitative estimate of drug-likeness (QED) is 0.590. The molecular weight excluding hydrogens is 224 g/mol. The Bertz CT molecular complexity index is 734. The van der Waals surface area contributed by atoms with Crippen LogP contribution in [0, 0.1) is 13.8 Å². The second kappa shape index (κ2) is 3.70. The third-order valence-electron chi connectivity index (χ3n) is 3.49. The number of ketones is 1. The number of aryl methyl sites for hydroxylation is 2. The zero-order chi connectivity index (χ0) is 12.9. The van der Waals surface area contributed by atoms with E-state index >= 15 is 0 Å². The molecule has 0 saturated heterocycles. The van der Waals surface area contributed by atoms with E-state index < -0.39 is 0 Å². The molecule has 90 valence electrons.